The fourth-order valence-electron chi connectivity index (χ4n) is 5.86. The number of phenolic OH excluding ortho intramolecular Hbond substituents is 1. The minimum absolute atomic E-state index is 0.197. The van der Waals surface area contributed by atoms with E-state index in [2.05, 4.69) is 30.6 Å². The van der Waals surface area contributed by atoms with E-state index < -0.39 is 0 Å². The number of piperidine rings is 3. The third-order valence-electron chi connectivity index (χ3n) is 7.94. The second-order valence-electron chi connectivity index (χ2n) is 10.2. The summed E-state index contributed by atoms with van der Waals surface area (Å²) in [5.74, 6) is 1.49. The monoisotopic (exact) mass is 465 g/mol. The van der Waals surface area contributed by atoms with Crippen LogP contribution in [-0.4, -0.2) is 83.0 Å². The van der Waals surface area contributed by atoms with Gasteiger partial charge in [0.25, 0.3) is 0 Å². The number of para-hydroxylation sites is 1. The van der Waals surface area contributed by atoms with E-state index in [-0.39, 0.29) is 5.75 Å². The largest absolute Gasteiger partial charge is 0.507 e. The molecule has 5 rings (SSSR count). The van der Waals surface area contributed by atoms with Gasteiger partial charge in [-0.25, -0.2) is 0 Å². The fraction of sp³-hybridized carbons (Fsp3) is 0.615. The van der Waals surface area contributed by atoms with Gasteiger partial charge in [0.15, 0.2) is 5.82 Å². The van der Waals surface area contributed by atoms with Crippen LogP contribution in [0.1, 0.15) is 38.5 Å². The van der Waals surface area contributed by atoms with Crippen molar-refractivity contribution in [3.63, 3.8) is 0 Å². The van der Waals surface area contributed by atoms with Gasteiger partial charge in [0.2, 0.25) is 0 Å². The number of benzene rings is 1. The van der Waals surface area contributed by atoms with E-state index in [0.717, 1.165) is 43.6 Å². The Hall–Kier alpha value is -2.42. The van der Waals surface area contributed by atoms with Crippen LogP contribution in [0.3, 0.4) is 0 Å². The van der Waals surface area contributed by atoms with Crippen LogP contribution in [0.4, 0.5) is 11.5 Å². The summed E-state index contributed by atoms with van der Waals surface area (Å²) in [6.07, 6.45) is 7.48. The lowest BCUT2D eigenvalue weighted by Gasteiger charge is -2.43. The number of nitrogens with one attached hydrogen (secondary N) is 2. The van der Waals surface area contributed by atoms with Crippen molar-refractivity contribution in [2.45, 2.75) is 50.6 Å². The summed E-state index contributed by atoms with van der Waals surface area (Å²) in [6.45, 7) is 8.44. The molecule has 3 fully saturated rings. The maximum atomic E-state index is 10.2. The molecule has 0 bridgehead atoms. The number of aromatic hydroxyl groups is 1. The number of likely N-dealkylation sites (tertiary alicyclic amines) is 2. The van der Waals surface area contributed by atoms with Crippen molar-refractivity contribution in [1.29, 1.82) is 0 Å². The molecule has 0 spiro atoms. The highest BCUT2D eigenvalue weighted by Crippen LogP contribution is 2.31. The Labute approximate surface area is 202 Å². The molecule has 0 atom stereocenters. The Balaban J connectivity index is 1.10. The predicted octanol–water partition coefficient (Wildman–Crippen LogP) is 2.77. The lowest BCUT2D eigenvalue weighted by Crippen LogP contribution is -2.50. The quantitative estimate of drug-likeness (QED) is 0.517. The van der Waals surface area contributed by atoms with Crippen molar-refractivity contribution in [3.05, 3.63) is 30.3 Å². The molecular formula is C26H39N7O. The molecule has 184 valence electrons. The highest BCUT2D eigenvalue weighted by Gasteiger charge is 2.29. The highest BCUT2D eigenvalue weighted by molar-refractivity contribution is 5.73. The molecule has 5 N–H and O–H groups in total. The number of hydrogen-bond donors (Lipinski definition) is 4. The first-order valence-electron chi connectivity index (χ1n) is 13.0. The standard InChI is InChI=1S/C26H39N7O/c27-26-24(17-23(30-31-26)22-3-1-2-4-25(22)34)29-20-7-15-33(16-8-20)21-9-13-32(14-10-21)18-19-5-11-28-12-6-19/h1-4,17,19-21,28,34H,5-16,18H2,(H2,27,31)(H,29,30). The van der Waals surface area contributed by atoms with Gasteiger partial charge in [0.1, 0.15) is 5.75 Å². The van der Waals surface area contributed by atoms with Gasteiger partial charge >= 0.3 is 0 Å². The molecule has 1 aromatic carbocycles. The summed E-state index contributed by atoms with van der Waals surface area (Å²) in [7, 11) is 0. The number of aromatic nitrogens is 2. The van der Waals surface area contributed by atoms with Gasteiger partial charge in [0, 0.05) is 37.3 Å². The summed E-state index contributed by atoms with van der Waals surface area (Å²) in [4.78, 5) is 5.42. The van der Waals surface area contributed by atoms with Crippen molar-refractivity contribution in [2.24, 2.45) is 5.92 Å². The number of phenols is 1. The lowest BCUT2D eigenvalue weighted by molar-refractivity contribution is 0.0799. The Morgan fingerprint density at radius 2 is 1.71 bits per heavy atom. The normalized spacial score (nSPS) is 22.1. The summed E-state index contributed by atoms with van der Waals surface area (Å²) in [5, 5.41) is 25.6. The number of nitrogens with two attached hydrogens (primary N) is 1. The van der Waals surface area contributed by atoms with Crippen LogP contribution in [0.2, 0.25) is 0 Å². The zero-order valence-corrected chi connectivity index (χ0v) is 20.1. The van der Waals surface area contributed by atoms with E-state index in [0.29, 0.717) is 23.1 Å². The van der Waals surface area contributed by atoms with Crippen molar-refractivity contribution in [3.8, 4) is 17.0 Å². The molecule has 0 saturated carbocycles. The second kappa shape index (κ2) is 10.9. The third-order valence-corrected chi connectivity index (χ3v) is 7.94. The molecule has 0 unspecified atom stereocenters. The first-order chi connectivity index (χ1) is 16.7. The molecular weight excluding hydrogens is 426 g/mol. The van der Waals surface area contributed by atoms with E-state index in [1.165, 1.54) is 58.4 Å². The molecule has 2 aromatic rings. The Kier molecular flexibility index (Phi) is 7.47. The van der Waals surface area contributed by atoms with Gasteiger partial charge in [-0.1, -0.05) is 12.1 Å². The first kappa shape index (κ1) is 23.3. The number of rotatable bonds is 6. The molecule has 8 heteroatoms. The van der Waals surface area contributed by atoms with Crippen LogP contribution < -0.4 is 16.4 Å². The maximum Gasteiger partial charge on any atom is 0.169 e. The van der Waals surface area contributed by atoms with Gasteiger partial charge in [-0.05, 0) is 88.8 Å². The maximum absolute atomic E-state index is 10.2. The van der Waals surface area contributed by atoms with Gasteiger partial charge < -0.3 is 31.3 Å². The van der Waals surface area contributed by atoms with Crippen molar-refractivity contribution in [1.82, 2.24) is 25.3 Å². The van der Waals surface area contributed by atoms with Gasteiger partial charge in [-0.15, -0.1) is 10.2 Å². The molecule has 3 saturated heterocycles. The van der Waals surface area contributed by atoms with E-state index in [1.807, 2.05) is 18.2 Å². The summed E-state index contributed by atoms with van der Waals surface area (Å²) >= 11 is 0. The minimum Gasteiger partial charge on any atom is -0.507 e. The summed E-state index contributed by atoms with van der Waals surface area (Å²) in [6, 6.07) is 10.2. The number of nitrogens with zero attached hydrogens (tertiary/aromatic N) is 4. The smallest absolute Gasteiger partial charge is 0.169 e. The highest BCUT2D eigenvalue weighted by atomic mass is 16.3. The van der Waals surface area contributed by atoms with Gasteiger partial charge in [0.05, 0.1) is 11.4 Å². The van der Waals surface area contributed by atoms with Crippen LogP contribution >= 0.6 is 0 Å². The number of nitrogen functional groups attached to an aromatic ring is 1. The van der Waals surface area contributed by atoms with Gasteiger partial charge in [-0.3, -0.25) is 0 Å². The summed E-state index contributed by atoms with van der Waals surface area (Å²) in [5.41, 5.74) is 8.23. The van der Waals surface area contributed by atoms with Crippen LogP contribution in [0.25, 0.3) is 11.3 Å². The molecule has 4 heterocycles. The number of anilines is 2. The number of hydrogen-bond acceptors (Lipinski definition) is 8. The zero-order chi connectivity index (χ0) is 23.3. The molecule has 3 aliphatic heterocycles. The van der Waals surface area contributed by atoms with E-state index in [9.17, 15) is 5.11 Å². The molecule has 1 aromatic heterocycles. The average Bonchev–Trinajstić information content (AvgIpc) is 2.87. The lowest BCUT2D eigenvalue weighted by atomic mass is 9.94. The fourth-order valence-corrected chi connectivity index (χ4v) is 5.86. The minimum atomic E-state index is 0.197. The van der Waals surface area contributed by atoms with Crippen LogP contribution in [0.15, 0.2) is 30.3 Å². The van der Waals surface area contributed by atoms with E-state index in [4.69, 9.17) is 5.73 Å². The van der Waals surface area contributed by atoms with Crippen LogP contribution in [0.5, 0.6) is 5.75 Å². The first-order valence-corrected chi connectivity index (χ1v) is 13.0. The van der Waals surface area contributed by atoms with Crippen LogP contribution in [-0.2, 0) is 0 Å². The van der Waals surface area contributed by atoms with Crippen molar-refractivity contribution >= 4 is 11.5 Å². The second-order valence-corrected chi connectivity index (χ2v) is 10.2. The van der Waals surface area contributed by atoms with E-state index >= 15 is 0 Å². The van der Waals surface area contributed by atoms with Crippen molar-refractivity contribution in [2.75, 3.05) is 56.9 Å². The molecule has 3 aliphatic rings. The molecule has 0 amide bonds. The molecule has 34 heavy (non-hydrogen) atoms. The van der Waals surface area contributed by atoms with Crippen molar-refractivity contribution < 1.29 is 5.11 Å². The van der Waals surface area contributed by atoms with Crippen LogP contribution in [0, 0.1) is 5.92 Å². The SMILES string of the molecule is Nc1nnc(-c2ccccc2O)cc1NC1CCN(C2CCN(CC3CCNCC3)CC2)CC1. The topological polar surface area (TPSA) is 103 Å². The Morgan fingerprint density at radius 3 is 2.44 bits per heavy atom. The van der Waals surface area contributed by atoms with E-state index in [1.54, 1.807) is 12.1 Å². The molecule has 0 radical (unpaired) electrons. The molecule has 0 aliphatic carbocycles. The Morgan fingerprint density at radius 1 is 0.971 bits per heavy atom. The Bertz CT molecular complexity index is 932. The van der Waals surface area contributed by atoms with Gasteiger partial charge in [-0.2, -0.15) is 0 Å². The zero-order valence-electron chi connectivity index (χ0n) is 20.1. The molecule has 8 nitrogen and oxygen atoms in total. The average molecular weight is 466 g/mol. The predicted molar refractivity (Wildman–Crippen MR) is 137 cm³/mol. The summed E-state index contributed by atoms with van der Waals surface area (Å²) < 4.78 is 0. The third kappa shape index (κ3) is 5.62.